The Morgan fingerprint density at radius 3 is 2.96 bits per heavy atom. The molecule has 2 aliphatic heterocycles. The van der Waals surface area contributed by atoms with Crippen molar-refractivity contribution in [3.63, 3.8) is 0 Å². The highest BCUT2D eigenvalue weighted by atomic mass is 32.2. The molecule has 0 spiro atoms. The highest BCUT2D eigenvalue weighted by molar-refractivity contribution is 8.01. The highest BCUT2D eigenvalue weighted by Gasteiger charge is 2.63. The number of hydrogen-bond acceptors (Lipinski definition) is 8. The molecule has 25 heavy (non-hydrogen) atoms. The molecule has 2 aromatic rings. The van der Waals surface area contributed by atoms with Crippen LogP contribution < -0.4 is 11.1 Å². The molecule has 0 aliphatic carbocycles. The van der Waals surface area contributed by atoms with Gasteiger partial charge in [0.25, 0.3) is 0 Å². The molecule has 2 amide bonds. The van der Waals surface area contributed by atoms with Crippen LogP contribution in [0.25, 0.3) is 0 Å². The quantitative estimate of drug-likeness (QED) is 0.646. The summed E-state index contributed by atoms with van der Waals surface area (Å²) in [5, 5.41) is 20.4. The lowest BCUT2D eigenvalue weighted by atomic mass is 9.95. The minimum Gasteiger partial charge on any atom is -0.340 e. The van der Waals surface area contributed by atoms with E-state index in [0.717, 1.165) is 5.56 Å². The first kappa shape index (κ1) is 16.5. The van der Waals surface area contributed by atoms with Gasteiger partial charge in [-0.2, -0.15) is 16.6 Å². The lowest BCUT2D eigenvalue weighted by Crippen LogP contribution is -2.68. The van der Waals surface area contributed by atoms with Gasteiger partial charge in [-0.3, -0.25) is 9.59 Å². The predicted molar refractivity (Wildman–Crippen MR) is 92.4 cm³/mol. The number of H-pyrrole nitrogens is 1. The van der Waals surface area contributed by atoms with Gasteiger partial charge in [-0.25, -0.2) is 0 Å². The fraction of sp³-hybridized carbons (Fsp3) is 0.500. The third kappa shape index (κ3) is 2.53. The lowest BCUT2D eigenvalue weighted by molar-refractivity contribution is -0.152. The largest absolute Gasteiger partial charge is 0.340 e. The molecule has 0 aromatic carbocycles. The van der Waals surface area contributed by atoms with E-state index in [4.69, 9.17) is 5.73 Å². The molecule has 9 nitrogen and oxygen atoms in total. The number of rotatable bonds is 4. The summed E-state index contributed by atoms with van der Waals surface area (Å²) in [5.41, 5.74) is 6.73. The van der Waals surface area contributed by atoms with Gasteiger partial charge in [0.1, 0.15) is 23.5 Å². The van der Waals surface area contributed by atoms with E-state index < -0.39 is 12.1 Å². The molecule has 0 radical (unpaired) electrons. The number of tetrazole rings is 1. The zero-order valence-electron chi connectivity index (χ0n) is 13.5. The first-order valence-corrected chi connectivity index (χ1v) is 9.54. The second-order valence-electron chi connectivity index (χ2n) is 6.55. The maximum Gasteiger partial charge on any atom is 0.249 e. The first-order chi connectivity index (χ1) is 11.9. The number of fused-ring (bicyclic) bond motifs is 1. The third-order valence-electron chi connectivity index (χ3n) is 4.53. The van der Waals surface area contributed by atoms with Crippen LogP contribution in [0, 0.1) is 0 Å². The van der Waals surface area contributed by atoms with Gasteiger partial charge in [0.05, 0.1) is 0 Å². The average molecular weight is 379 g/mol. The molecule has 4 rings (SSSR count). The summed E-state index contributed by atoms with van der Waals surface area (Å²) < 4.78 is -0.293. The Morgan fingerprint density at radius 1 is 1.52 bits per heavy atom. The van der Waals surface area contributed by atoms with Crippen LogP contribution in [0.15, 0.2) is 16.8 Å². The zero-order valence-corrected chi connectivity index (χ0v) is 15.2. The summed E-state index contributed by atoms with van der Waals surface area (Å²) in [7, 11) is 0. The SMILES string of the molecule is CC1(C)S[C@@H]2C(NC(=O)[C@H](N)c3ccsc3)C(=O)N2C1c1nn[nH]n1. The number of β-lactam (4-membered cyclic amide) rings is 1. The van der Waals surface area contributed by atoms with Crippen LogP contribution >= 0.6 is 23.1 Å². The van der Waals surface area contributed by atoms with Gasteiger partial charge in [-0.05, 0) is 36.2 Å². The normalized spacial score (nSPS) is 28.4. The van der Waals surface area contributed by atoms with Crippen LogP contribution in [0.4, 0.5) is 0 Å². The van der Waals surface area contributed by atoms with E-state index in [1.807, 2.05) is 30.7 Å². The fourth-order valence-electron chi connectivity index (χ4n) is 3.30. The number of nitrogens with two attached hydrogens (primary N) is 1. The van der Waals surface area contributed by atoms with E-state index in [-0.39, 0.29) is 28.0 Å². The molecule has 11 heteroatoms. The molecule has 2 fully saturated rings. The first-order valence-electron chi connectivity index (χ1n) is 7.71. The molecule has 4 N–H and O–H groups in total. The average Bonchev–Trinajstić information content (AvgIpc) is 3.30. The minimum absolute atomic E-state index is 0.149. The summed E-state index contributed by atoms with van der Waals surface area (Å²) in [6.45, 7) is 4.06. The summed E-state index contributed by atoms with van der Waals surface area (Å²) >= 11 is 3.09. The van der Waals surface area contributed by atoms with Crippen molar-refractivity contribution in [3.8, 4) is 0 Å². The molecule has 0 bridgehead atoms. The van der Waals surface area contributed by atoms with Crippen LogP contribution in [0.3, 0.4) is 0 Å². The summed E-state index contributed by atoms with van der Waals surface area (Å²) in [6, 6.07) is 0.162. The Kier molecular flexibility index (Phi) is 3.81. The van der Waals surface area contributed by atoms with E-state index in [9.17, 15) is 9.59 Å². The fourth-order valence-corrected chi connectivity index (χ4v) is 5.62. The lowest BCUT2D eigenvalue weighted by Gasteiger charge is -2.44. The Bertz CT molecular complexity index is 792. The van der Waals surface area contributed by atoms with Crippen molar-refractivity contribution in [2.24, 2.45) is 5.73 Å². The van der Waals surface area contributed by atoms with Gasteiger partial charge in [-0.1, -0.05) is 5.21 Å². The number of aromatic amines is 1. The standard InChI is InChI=1S/C14H17N7O2S2/c1-14(2)9(10-17-19-20-18-10)21-12(23)8(13(21)25-14)16-11(22)7(15)6-3-4-24-5-6/h3-5,7-9,13H,15H2,1-2H3,(H,16,22)(H,17,18,19,20)/t7-,8?,9?,13-/m1/s1. The number of amides is 2. The van der Waals surface area contributed by atoms with Crippen LogP contribution in [-0.2, 0) is 9.59 Å². The van der Waals surface area contributed by atoms with Crippen molar-refractivity contribution in [1.82, 2.24) is 30.8 Å². The maximum absolute atomic E-state index is 12.7. The molecule has 2 aliphatic rings. The molecule has 132 valence electrons. The van der Waals surface area contributed by atoms with Crippen molar-refractivity contribution < 1.29 is 9.59 Å². The molecule has 4 heterocycles. The number of thiophene rings is 1. The second kappa shape index (κ2) is 5.78. The van der Waals surface area contributed by atoms with E-state index in [1.165, 1.54) is 11.3 Å². The number of thioether (sulfide) groups is 1. The highest BCUT2D eigenvalue weighted by Crippen LogP contribution is 2.56. The van der Waals surface area contributed by atoms with Crippen molar-refractivity contribution in [2.45, 2.75) is 42.1 Å². The Hall–Kier alpha value is -1.98. The Balaban J connectivity index is 1.50. The molecule has 2 aromatic heterocycles. The Morgan fingerprint density at radius 2 is 2.32 bits per heavy atom. The number of nitrogens with one attached hydrogen (secondary N) is 2. The molecule has 4 atom stereocenters. The van der Waals surface area contributed by atoms with Gasteiger partial charge < -0.3 is 16.0 Å². The van der Waals surface area contributed by atoms with E-state index in [1.54, 1.807) is 16.7 Å². The molecule has 2 unspecified atom stereocenters. The van der Waals surface area contributed by atoms with Crippen LogP contribution in [-0.4, -0.2) is 53.5 Å². The van der Waals surface area contributed by atoms with Crippen LogP contribution in [0.1, 0.15) is 37.3 Å². The monoisotopic (exact) mass is 379 g/mol. The number of carbonyl (C=O) groups excluding carboxylic acids is 2. The third-order valence-corrected chi connectivity index (χ3v) is 6.80. The summed E-state index contributed by atoms with van der Waals surface area (Å²) in [5.74, 6) is -0.0188. The smallest absolute Gasteiger partial charge is 0.249 e. The molecule has 2 saturated heterocycles. The number of carbonyl (C=O) groups is 2. The summed E-state index contributed by atoms with van der Waals surface area (Å²) in [4.78, 5) is 26.8. The van der Waals surface area contributed by atoms with Gasteiger partial charge in [0.15, 0.2) is 5.82 Å². The van der Waals surface area contributed by atoms with Gasteiger partial charge >= 0.3 is 0 Å². The van der Waals surface area contributed by atoms with Crippen molar-refractivity contribution in [2.75, 3.05) is 0 Å². The van der Waals surface area contributed by atoms with E-state index in [0.29, 0.717) is 5.82 Å². The number of aromatic nitrogens is 4. The van der Waals surface area contributed by atoms with Gasteiger partial charge in [0.2, 0.25) is 11.8 Å². The number of hydrogen-bond donors (Lipinski definition) is 3. The van der Waals surface area contributed by atoms with E-state index in [2.05, 4.69) is 25.9 Å². The summed E-state index contributed by atoms with van der Waals surface area (Å²) in [6.07, 6.45) is 0. The van der Waals surface area contributed by atoms with Crippen LogP contribution in [0.5, 0.6) is 0 Å². The maximum atomic E-state index is 12.7. The van der Waals surface area contributed by atoms with E-state index >= 15 is 0 Å². The number of nitrogens with zero attached hydrogens (tertiary/aromatic N) is 4. The predicted octanol–water partition coefficient (Wildman–Crippen LogP) is 0.181. The van der Waals surface area contributed by atoms with Crippen molar-refractivity contribution in [3.05, 3.63) is 28.2 Å². The molecular weight excluding hydrogens is 362 g/mol. The Labute approximate surface area is 151 Å². The van der Waals surface area contributed by atoms with Crippen molar-refractivity contribution in [1.29, 1.82) is 0 Å². The van der Waals surface area contributed by atoms with Crippen molar-refractivity contribution >= 4 is 34.9 Å². The topological polar surface area (TPSA) is 130 Å². The zero-order chi connectivity index (χ0) is 17.8. The minimum atomic E-state index is -0.777. The molecule has 0 saturated carbocycles. The van der Waals surface area contributed by atoms with Gasteiger partial charge in [0, 0.05) is 4.75 Å². The van der Waals surface area contributed by atoms with Gasteiger partial charge in [-0.15, -0.1) is 22.0 Å². The second-order valence-corrected chi connectivity index (χ2v) is 9.10. The molecular formula is C14H17N7O2S2. The van der Waals surface area contributed by atoms with Crippen LogP contribution in [0.2, 0.25) is 0 Å².